The van der Waals surface area contributed by atoms with Gasteiger partial charge in [0.2, 0.25) is 5.91 Å². The van der Waals surface area contributed by atoms with E-state index in [1.165, 1.54) is 16.9 Å². The zero-order valence-electron chi connectivity index (χ0n) is 16.2. The average Bonchev–Trinajstić information content (AvgIpc) is 3.27. The molecule has 3 heterocycles. The number of carbonyl (C=O) groups is 1. The summed E-state index contributed by atoms with van der Waals surface area (Å²) in [7, 11) is 0. The molecule has 6 nitrogen and oxygen atoms in total. The van der Waals surface area contributed by atoms with Gasteiger partial charge in [0.1, 0.15) is 23.0 Å². The molecular weight excluding hydrogens is 370 g/mol. The Labute approximate surface area is 168 Å². The molecule has 28 heavy (non-hydrogen) atoms. The standard InChI is InChI=1S/C21H25N5OS/c1-13(2)9-16(20(27)23-11-14-5-4-8-22-10-14)26-19-18-15-6-3-7-17(15)28-21(18)25-12-24-19/h4-5,8,10,12-13,16H,3,6-7,9,11H2,1-2H3,(H,23,27)(H,24,25,26). The summed E-state index contributed by atoms with van der Waals surface area (Å²) in [5, 5.41) is 7.58. The third kappa shape index (κ3) is 3.99. The molecule has 2 N–H and O–H groups in total. The fourth-order valence-electron chi connectivity index (χ4n) is 3.72. The number of nitrogens with one attached hydrogen (secondary N) is 2. The zero-order chi connectivity index (χ0) is 19.5. The molecule has 1 aliphatic carbocycles. The smallest absolute Gasteiger partial charge is 0.242 e. The molecule has 1 atom stereocenters. The van der Waals surface area contributed by atoms with Gasteiger partial charge in [0.15, 0.2) is 0 Å². The molecule has 0 fully saturated rings. The molecule has 0 aliphatic heterocycles. The monoisotopic (exact) mass is 395 g/mol. The largest absolute Gasteiger partial charge is 0.358 e. The van der Waals surface area contributed by atoms with Gasteiger partial charge in [0.25, 0.3) is 0 Å². The molecule has 0 spiro atoms. The predicted octanol–water partition coefficient (Wildman–Crippen LogP) is 3.72. The average molecular weight is 396 g/mol. The first-order chi connectivity index (χ1) is 13.6. The summed E-state index contributed by atoms with van der Waals surface area (Å²) in [5.74, 6) is 1.15. The van der Waals surface area contributed by atoms with Crippen LogP contribution >= 0.6 is 11.3 Å². The van der Waals surface area contributed by atoms with Crippen molar-refractivity contribution in [3.63, 3.8) is 0 Å². The Hall–Kier alpha value is -2.54. The molecule has 7 heteroatoms. The minimum atomic E-state index is -0.341. The van der Waals surface area contributed by atoms with E-state index in [-0.39, 0.29) is 11.9 Å². The molecule has 1 unspecified atom stereocenters. The number of carbonyl (C=O) groups excluding carboxylic acids is 1. The topological polar surface area (TPSA) is 79.8 Å². The molecule has 0 aromatic carbocycles. The van der Waals surface area contributed by atoms with Gasteiger partial charge >= 0.3 is 0 Å². The molecule has 0 bridgehead atoms. The highest BCUT2D eigenvalue weighted by Crippen LogP contribution is 2.39. The molecule has 0 saturated carbocycles. The van der Waals surface area contributed by atoms with Gasteiger partial charge in [-0.05, 0) is 48.8 Å². The second kappa shape index (κ2) is 8.22. The summed E-state index contributed by atoms with van der Waals surface area (Å²) < 4.78 is 0. The molecule has 3 aromatic heterocycles. The van der Waals surface area contributed by atoms with E-state index in [0.717, 1.165) is 40.9 Å². The highest BCUT2D eigenvalue weighted by molar-refractivity contribution is 7.19. The van der Waals surface area contributed by atoms with E-state index in [2.05, 4.69) is 39.4 Å². The van der Waals surface area contributed by atoms with Crippen LogP contribution in [-0.2, 0) is 24.2 Å². The zero-order valence-corrected chi connectivity index (χ0v) is 17.1. The summed E-state index contributed by atoms with van der Waals surface area (Å²) >= 11 is 1.76. The third-order valence-electron chi connectivity index (χ3n) is 5.03. The van der Waals surface area contributed by atoms with Crippen molar-refractivity contribution in [1.29, 1.82) is 0 Å². The highest BCUT2D eigenvalue weighted by atomic mass is 32.1. The number of nitrogens with zero attached hydrogens (tertiary/aromatic N) is 3. The molecule has 146 valence electrons. The fourth-order valence-corrected chi connectivity index (χ4v) is 4.95. The van der Waals surface area contributed by atoms with Crippen LogP contribution in [-0.4, -0.2) is 26.9 Å². The Morgan fingerprint density at radius 3 is 2.96 bits per heavy atom. The van der Waals surface area contributed by atoms with E-state index in [9.17, 15) is 4.79 Å². The van der Waals surface area contributed by atoms with E-state index in [1.807, 2.05) is 12.1 Å². The Bertz CT molecular complexity index is 970. The Morgan fingerprint density at radius 1 is 1.29 bits per heavy atom. The van der Waals surface area contributed by atoms with Gasteiger partial charge in [-0.2, -0.15) is 0 Å². The quantitative estimate of drug-likeness (QED) is 0.637. The van der Waals surface area contributed by atoms with Crippen LogP contribution in [0.25, 0.3) is 10.2 Å². The second-order valence-corrected chi connectivity index (χ2v) is 8.75. The van der Waals surface area contributed by atoms with Gasteiger partial charge in [-0.15, -0.1) is 11.3 Å². The predicted molar refractivity (Wildman–Crippen MR) is 112 cm³/mol. The van der Waals surface area contributed by atoms with Crippen LogP contribution in [0.2, 0.25) is 0 Å². The maximum absolute atomic E-state index is 12.9. The number of thiophene rings is 1. The normalized spacial score (nSPS) is 14.2. The van der Waals surface area contributed by atoms with Gasteiger partial charge in [0.05, 0.1) is 5.39 Å². The molecular formula is C21H25N5OS. The number of aromatic nitrogens is 3. The molecule has 1 aliphatic rings. The van der Waals surface area contributed by atoms with Crippen LogP contribution in [0.1, 0.15) is 42.7 Å². The van der Waals surface area contributed by atoms with Crippen molar-refractivity contribution >= 4 is 33.3 Å². The summed E-state index contributed by atoms with van der Waals surface area (Å²) in [6.07, 6.45) is 9.21. The Balaban J connectivity index is 1.55. The van der Waals surface area contributed by atoms with Gasteiger partial charge in [-0.3, -0.25) is 9.78 Å². The van der Waals surface area contributed by atoms with E-state index >= 15 is 0 Å². The number of hydrogen-bond acceptors (Lipinski definition) is 6. The second-order valence-electron chi connectivity index (χ2n) is 7.67. The van der Waals surface area contributed by atoms with Crippen LogP contribution in [0, 0.1) is 5.92 Å². The van der Waals surface area contributed by atoms with E-state index in [0.29, 0.717) is 12.5 Å². The summed E-state index contributed by atoms with van der Waals surface area (Å²) in [5.41, 5.74) is 2.35. The van der Waals surface area contributed by atoms with Crippen molar-refractivity contribution < 1.29 is 4.79 Å². The summed E-state index contributed by atoms with van der Waals surface area (Å²) in [6, 6.07) is 3.49. The van der Waals surface area contributed by atoms with Gasteiger partial charge in [-0.1, -0.05) is 19.9 Å². The lowest BCUT2D eigenvalue weighted by Gasteiger charge is -2.21. The number of hydrogen-bond donors (Lipinski definition) is 2. The van der Waals surface area contributed by atoms with Crippen LogP contribution < -0.4 is 10.6 Å². The van der Waals surface area contributed by atoms with Gasteiger partial charge < -0.3 is 10.6 Å². The lowest BCUT2D eigenvalue weighted by atomic mass is 10.0. The van der Waals surface area contributed by atoms with Crippen LogP contribution in [0.5, 0.6) is 0 Å². The van der Waals surface area contributed by atoms with Crippen molar-refractivity contribution in [3.8, 4) is 0 Å². The molecule has 1 amide bonds. The van der Waals surface area contributed by atoms with Crippen molar-refractivity contribution in [2.45, 2.75) is 52.1 Å². The maximum atomic E-state index is 12.9. The van der Waals surface area contributed by atoms with Crippen LogP contribution in [0.3, 0.4) is 0 Å². The number of fused-ring (bicyclic) bond motifs is 3. The first-order valence-corrected chi connectivity index (χ1v) is 10.6. The molecule has 0 radical (unpaired) electrons. The first kappa shape index (κ1) is 18.8. The SMILES string of the molecule is CC(C)CC(Nc1ncnc2sc3c(c12)CCC3)C(=O)NCc1cccnc1. The van der Waals surface area contributed by atoms with Crippen LogP contribution in [0.4, 0.5) is 5.82 Å². The number of rotatable bonds is 7. The highest BCUT2D eigenvalue weighted by Gasteiger charge is 2.25. The fraction of sp³-hybridized carbons (Fsp3) is 0.429. The van der Waals surface area contributed by atoms with E-state index < -0.39 is 0 Å². The number of anilines is 1. The number of pyridine rings is 1. The summed E-state index contributed by atoms with van der Waals surface area (Å²) in [4.78, 5) is 28.4. The van der Waals surface area contributed by atoms with E-state index in [4.69, 9.17) is 0 Å². The van der Waals surface area contributed by atoms with Gasteiger partial charge in [0, 0.05) is 23.8 Å². The molecule has 4 rings (SSSR count). The number of aryl methyl sites for hydroxylation is 2. The summed E-state index contributed by atoms with van der Waals surface area (Å²) in [6.45, 7) is 4.72. The van der Waals surface area contributed by atoms with E-state index in [1.54, 1.807) is 30.1 Å². The minimum Gasteiger partial charge on any atom is -0.358 e. The lowest BCUT2D eigenvalue weighted by Crippen LogP contribution is -2.40. The van der Waals surface area contributed by atoms with Crippen LogP contribution in [0.15, 0.2) is 30.9 Å². The third-order valence-corrected chi connectivity index (χ3v) is 6.23. The maximum Gasteiger partial charge on any atom is 0.242 e. The van der Waals surface area contributed by atoms with Crippen molar-refractivity contribution in [1.82, 2.24) is 20.3 Å². The Kier molecular flexibility index (Phi) is 5.52. The van der Waals surface area contributed by atoms with Crippen molar-refractivity contribution in [2.75, 3.05) is 5.32 Å². The van der Waals surface area contributed by atoms with Crippen molar-refractivity contribution in [2.24, 2.45) is 5.92 Å². The molecule has 0 saturated heterocycles. The Morgan fingerprint density at radius 2 is 2.18 bits per heavy atom. The first-order valence-electron chi connectivity index (χ1n) is 9.80. The number of amides is 1. The van der Waals surface area contributed by atoms with Gasteiger partial charge in [-0.25, -0.2) is 9.97 Å². The lowest BCUT2D eigenvalue weighted by molar-refractivity contribution is -0.122. The minimum absolute atomic E-state index is 0.0174. The van der Waals surface area contributed by atoms with Crippen molar-refractivity contribution in [3.05, 3.63) is 46.9 Å². The molecule has 3 aromatic rings.